The molecule has 0 saturated heterocycles. The second-order valence-corrected chi connectivity index (χ2v) is 3.59. The number of rotatable bonds is 6. The quantitative estimate of drug-likeness (QED) is 0.377. The van der Waals surface area contributed by atoms with Gasteiger partial charge in [0.1, 0.15) is 6.61 Å². The number of Topliss-reactive ketones (excluding diaryl/α,β-unsaturated/α-hetero) is 1. The summed E-state index contributed by atoms with van der Waals surface area (Å²) >= 11 is 0. The first-order chi connectivity index (χ1) is 8.23. The van der Waals surface area contributed by atoms with Gasteiger partial charge in [0.25, 0.3) is 0 Å². The lowest BCUT2D eigenvalue weighted by Gasteiger charge is -2.23. The minimum atomic E-state index is -1.29. The Morgan fingerprint density at radius 2 is 1.33 bits per heavy atom. The molecule has 0 aromatic carbocycles. The van der Waals surface area contributed by atoms with E-state index in [4.69, 9.17) is 9.47 Å². The molecule has 0 unspecified atom stereocenters. The van der Waals surface area contributed by atoms with Gasteiger partial charge in [-0.15, -0.1) is 0 Å². The molecule has 0 heterocycles. The Hall–Kier alpha value is -1.92. The molecular formula is C11H16O7. The Bertz CT molecular complexity index is 347. The highest BCUT2D eigenvalue weighted by Crippen LogP contribution is 2.08. The number of carbonyl (C=O) groups is 4. The first-order valence-corrected chi connectivity index (χ1v) is 5.22. The molecule has 0 aliphatic heterocycles. The van der Waals surface area contributed by atoms with Crippen LogP contribution in [0.4, 0.5) is 0 Å². The molecule has 0 N–H and O–H groups in total. The summed E-state index contributed by atoms with van der Waals surface area (Å²) in [4.78, 5) is 43.8. The van der Waals surface area contributed by atoms with Crippen LogP contribution in [0.1, 0.15) is 27.7 Å². The van der Waals surface area contributed by atoms with Crippen molar-refractivity contribution in [3.8, 4) is 0 Å². The highest BCUT2D eigenvalue weighted by Gasteiger charge is 2.32. The van der Waals surface area contributed by atoms with Gasteiger partial charge in [0.05, 0.1) is 0 Å². The van der Waals surface area contributed by atoms with Gasteiger partial charge in [-0.1, -0.05) is 0 Å². The molecule has 0 radical (unpaired) electrons. The molecular weight excluding hydrogens is 245 g/mol. The highest BCUT2D eigenvalue weighted by atomic mass is 16.6. The van der Waals surface area contributed by atoms with Crippen LogP contribution in [0.5, 0.6) is 0 Å². The van der Waals surface area contributed by atoms with Crippen LogP contribution in [-0.4, -0.2) is 42.5 Å². The largest absolute Gasteiger partial charge is 0.462 e. The second-order valence-electron chi connectivity index (χ2n) is 3.59. The average molecular weight is 261 g/mol. The minimum absolute atomic E-state index is 0.355. The maximum absolute atomic E-state index is 11.3. The molecule has 0 aromatic heterocycles. The van der Waals surface area contributed by atoms with E-state index in [1.165, 1.54) is 13.8 Å². The van der Waals surface area contributed by atoms with Crippen molar-refractivity contribution in [1.82, 2.24) is 0 Å². The molecule has 7 nitrogen and oxygen atoms in total. The van der Waals surface area contributed by atoms with Crippen molar-refractivity contribution in [1.29, 1.82) is 0 Å². The van der Waals surface area contributed by atoms with Crippen LogP contribution in [0.2, 0.25) is 0 Å². The van der Waals surface area contributed by atoms with E-state index in [9.17, 15) is 19.2 Å². The topological polar surface area (TPSA) is 96.0 Å². The molecule has 0 amide bonds. The van der Waals surface area contributed by atoms with E-state index in [1.54, 1.807) is 0 Å². The summed E-state index contributed by atoms with van der Waals surface area (Å²) in [6, 6.07) is 0. The van der Waals surface area contributed by atoms with E-state index in [2.05, 4.69) is 4.74 Å². The number of hydrogen-bond donors (Lipinski definition) is 0. The summed E-state index contributed by atoms with van der Waals surface area (Å²) in [7, 11) is 0. The SMILES string of the molecule is CC(=O)OC[C@@H](OC(C)=O)[C@H](OC(C)=O)C([13CH3])=O. The monoisotopic (exact) mass is 261 g/mol. The molecule has 0 spiro atoms. The van der Waals surface area contributed by atoms with Crippen LogP contribution in [0.3, 0.4) is 0 Å². The van der Waals surface area contributed by atoms with Crippen LogP contribution < -0.4 is 0 Å². The molecule has 7 heteroatoms. The fourth-order valence-electron chi connectivity index (χ4n) is 1.20. The van der Waals surface area contributed by atoms with Crippen molar-refractivity contribution in [2.24, 2.45) is 0 Å². The van der Waals surface area contributed by atoms with Crippen molar-refractivity contribution in [3.63, 3.8) is 0 Å². The maximum atomic E-state index is 11.3. The van der Waals surface area contributed by atoms with Crippen LogP contribution in [0.15, 0.2) is 0 Å². The van der Waals surface area contributed by atoms with Gasteiger partial charge in [-0.2, -0.15) is 0 Å². The lowest BCUT2D eigenvalue weighted by Crippen LogP contribution is -2.42. The van der Waals surface area contributed by atoms with Crippen molar-refractivity contribution in [2.75, 3.05) is 6.61 Å². The summed E-state index contributed by atoms with van der Waals surface area (Å²) < 4.78 is 14.2. The third kappa shape index (κ3) is 6.62. The van der Waals surface area contributed by atoms with Crippen molar-refractivity contribution in [2.45, 2.75) is 39.9 Å². The lowest BCUT2D eigenvalue weighted by atomic mass is 10.2. The van der Waals surface area contributed by atoms with Gasteiger partial charge in [0.2, 0.25) is 0 Å². The van der Waals surface area contributed by atoms with Crippen LogP contribution in [-0.2, 0) is 33.4 Å². The summed E-state index contributed by atoms with van der Waals surface area (Å²) in [5, 5.41) is 0. The number of ketones is 1. The number of carbonyl (C=O) groups excluding carboxylic acids is 4. The zero-order valence-electron chi connectivity index (χ0n) is 10.7. The van der Waals surface area contributed by atoms with Gasteiger partial charge < -0.3 is 14.2 Å². The van der Waals surface area contributed by atoms with E-state index in [0.29, 0.717) is 0 Å². The molecule has 102 valence electrons. The van der Waals surface area contributed by atoms with Crippen molar-refractivity contribution >= 4 is 23.7 Å². The highest BCUT2D eigenvalue weighted by molar-refractivity contribution is 5.84. The second kappa shape index (κ2) is 7.41. The minimum Gasteiger partial charge on any atom is -0.462 e. The van der Waals surface area contributed by atoms with Gasteiger partial charge in [-0.3, -0.25) is 19.2 Å². The van der Waals surface area contributed by atoms with E-state index < -0.39 is 35.9 Å². The third-order valence-corrected chi connectivity index (χ3v) is 1.80. The smallest absolute Gasteiger partial charge is 0.303 e. The number of esters is 3. The predicted octanol–water partition coefficient (Wildman–Crippen LogP) is 0.00190. The fourth-order valence-corrected chi connectivity index (χ4v) is 1.20. The molecule has 0 aliphatic rings. The summed E-state index contributed by atoms with van der Waals surface area (Å²) in [5.41, 5.74) is 0. The molecule has 0 rings (SSSR count). The number of hydrogen-bond acceptors (Lipinski definition) is 7. The predicted molar refractivity (Wildman–Crippen MR) is 58.4 cm³/mol. The number of ether oxygens (including phenoxy) is 3. The van der Waals surface area contributed by atoms with Crippen LogP contribution in [0, 0.1) is 0 Å². The molecule has 0 saturated carbocycles. The van der Waals surface area contributed by atoms with Crippen molar-refractivity contribution < 1.29 is 33.4 Å². The molecule has 0 aliphatic carbocycles. The first kappa shape index (κ1) is 16.1. The van der Waals surface area contributed by atoms with E-state index in [0.717, 1.165) is 13.8 Å². The van der Waals surface area contributed by atoms with E-state index in [-0.39, 0.29) is 6.61 Å². The van der Waals surface area contributed by atoms with Gasteiger partial charge >= 0.3 is 17.9 Å². The first-order valence-electron chi connectivity index (χ1n) is 5.22. The Labute approximate surface area is 104 Å². The maximum Gasteiger partial charge on any atom is 0.303 e. The Morgan fingerprint density at radius 3 is 1.67 bits per heavy atom. The zero-order chi connectivity index (χ0) is 14.3. The van der Waals surface area contributed by atoms with Gasteiger partial charge in [-0.05, 0) is 6.92 Å². The summed E-state index contributed by atoms with van der Waals surface area (Å²) in [6.45, 7) is 4.24. The Balaban J connectivity index is 4.84. The van der Waals surface area contributed by atoms with Crippen LogP contribution in [0.25, 0.3) is 0 Å². The van der Waals surface area contributed by atoms with E-state index >= 15 is 0 Å². The van der Waals surface area contributed by atoms with Crippen LogP contribution >= 0.6 is 0 Å². The lowest BCUT2D eigenvalue weighted by molar-refractivity contribution is -0.175. The average Bonchev–Trinajstić information content (AvgIpc) is 2.19. The molecule has 0 fully saturated rings. The van der Waals surface area contributed by atoms with Gasteiger partial charge in [0, 0.05) is 20.8 Å². The molecule has 18 heavy (non-hydrogen) atoms. The zero-order valence-corrected chi connectivity index (χ0v) is 10.7. The molecule has 0 bridgehead atoms. The Kier molecular flexibility index (Phi) is 6.62. The summed E-state index contributed by atoms with van der Waals surface area (Å²) in [6.07, 6.45) is -2.43. The standard InChI is InChI=1S/C11H16O7/c1-6(12)11(18-9(4)15)10(17-8(3)14)5-16-7(2)13/h10-11H,5H2,1-4H3/t10-,11-/m1/s1/i1+1. The van der Waals surface area contributed by atoms with Crippen molar-refractivity contribution in [3.05, 3.63) is 0 Å². The fraction of sp³-hybridized carbons (Fsp3) is 0.636. The molecule has 0 aromatic rings. The summed E-state index contributed by atoms with van der Waals surface area (Å²) in [5.74, 6) is -2.48. The van der Waals surface area contributed by atoms with E-state index in [1.807, 2.05) is 0 Å². The third-order valence-electron chi connectivity index (χ3n) is 1.80. The van der Waals surface area contributed by atoms with Gasteiger partial charge in [-0.25, -0.2) is 0 Å². The van der Waals surface area contributed by atoms with Gasteiger partial charge in [0.15, 0.2) is 18.0 Å². The normalized spacial score (nSPS) is 13.1. The molecule has 2 atom stereocenters. The Morgan fingerprint density at radius 1 is 0.833 bits per heavy atom.